The second kappa shape index (κ2) is 6.83. The highest BCUT2D eigenvalue weighted by Gasteiger charge is 2.11. The normalized spacial score (nSPS) is 11.9. The number of aliphatic hydroxyl groups is 1. The van der Waals surface area contributed by atoms with Gasteiger partial charge in [0.05, 0.1) is 19.3 Å². The Morgan fingerprint density at radius 3 is 2.56 bits per heavy atom. The smallest absolute Gasteiger partial charge is 0.335 e. The van der Waals surface area contributed by atoms with Crippen LogP contribution in [0.2, 0.25) is 0 Å². The number of ether oxygens (including phenoxy) is 3. The summed E-state index contributed by atoms with van der Waals surface area (Å²) in [5.41, 5.74) is 0.108. The van der Waals surface area contributed by atoms with Gasteiger partial charge in [0.1, 0.15) is 12.7 Å². The molecule has 6 heteroatoms. The maximum Gasteiger partial charge on any atom is 0.335 e. The van der Waals surface area contributed by atoms with Crippen LogP contribution in [0.1, 0.15) is 10.4 Å². The van der Waals surface area contributed by atoms with E-state index in [1.807, 2.05) is 0 Å². The fourth-order valence-corrected chi connectivity index (χ4v) is 1.35. The van der Waals surface area contributed by atoms with E-state index in [-0.39, 0.29) is 18.8 Å². The van der Waals surface area contributed by atoms with Gasteiger partial charge in [0.15, 0.2) is 11.5 Å². The summed E-state index contributed by atoms with van der Waals surface area (Å²) in [6.07, 6.45) is -0.751. The first-order valence-electron chi connectivity index (χ1n) is 5.29. The summed E-state index contributed by atoms with van der Waals surface area (Å²) in [7, 11) is 2.89. The van der Waals surface area contributed by atoms with Crippen LogP contribution in [0.4, 0.5) is 0 Å². The molecule has 6 nitrogen and oxygen atoms in total. The first-order valence-corrected chi connectivity index (χ1v) is 5.29. The molecule has 1 aromatic carbocycles. The van der Waals surface area contributed by atoms with Gasteiger partial charge in [0.25, 0.3) is 0 Å². The van der Waals surface area contributed by atoms with Gasteiger partial charge in [0, 0.05) is 7.11 Å². The van der Waals surface area contributed by atoms with Crippen molar-refractivity contribution in [2.24, 2.45) is 0 Å². The van der Waals surface area contributed by atoms with E-state index in [0.29, 0.717) is 11.5 Å². The number of aromatic carboxylic acids is 1. The van der Waals surface area contributed by atoms with E-state index < -0.39 is 12.1 Å². The van der Waals surface area contributed by atoms with E-state index in [0.717, 1.165) is 0 Å². The number of aliphatic hydroxyl groups excluding tert-OH is 1. The number of benzene rings is 1. The van der Waals surface area contributed by atoms with Crippen molar-refractivity contribution in [3.05, 3.63) is 23.8 Å². The molecule has 0 aromatic heterocycles. The number of rotatable bonds is 7. The quantitative estimate of drug-likeness (QED) is 0.749. The minimum Gasteiger partial charge on any atom is -0.493 e. The van der Waals surface area contributed by atoms with Gasteiger partial charge in [-0.15, -0.1) is 0 Å². The summed E-state index contributed by atoms with van der Waals surface area (Å²) >= 11 is 0. The zero-order chi connectivity index (χ0) is 13.5. The van der Waals surface area contributed by atoms with E-state index >= 15 is 0 Å². The van der Waals surface area contributed by atoms with Crippen molar-refractivity contribution in [3.63, 3.8) is 0 Å². The third-order valence-electron chi connectivity index (χ3n) is 2.20. The molecule has 0 saturated heterocycles. The first-order chi connectivity index (χ1) is 8.58. The van der Waals surface area contributed by atoms with Crippen molar-refractivity contribution in [1.82, 2.24) is 0 Å². The molecular weight excluding hydrogens is 240 g/mol. The monoisotopic (exact) mass is 256 g/mol. The van der Waals surface area contributed by atoms with Crippen LogP contribution < -0.4 is 9.47 Å². The van der Waals surface area contributed by atoms with E-state index in [1.54, 1.807) is 0 Å². The van der Waals surface area contributed by atoms with Gasteiger partial charge < -0.3 is 24.4 Å². The number of hydrogen-bond donors (Lipinski definition) is 2. The first kappa shape index (κ1) is 14.3. The molecule has 2 N–H and O–H groups in total. The summed E-state index contributed by atoms with van der Waals surface area (Å²) in [5, 5.41) is 18.3. The lowest BCUT2D eigenvalue weighted by Gasteiger charge is -2.14. The molecule has 0 aliphatic carbocycles. The highest BCUT2D eigenvalue weighted by Crippen LogP contribution is 2.28. The average Bonchev–Trinajstić information content (AvgIpc) is 2.36. The number of carboxylic acids is 1. The molecule has 1 rings (SSSR count). The van der Waals surface area contributed by atoms with Gasteiger partial charge in [-0.25, -0.2) is 4.79 Å². The minimum atomic E-state index is -1.04. The Hall–Kier alpha value is -1.79. The van der Waals surface area contributed by atoms with E-state index in [1.165, 1.54) is 32.4 Å². The second-order valence-electron chi connectivity index (χ2n) is 3.59. The van der Waals surface area contributed by atoms with Crippen molar-refractivity contribution in [2.45, 2.75) is 6.10 Å². The number of hydrogen-bond acceptors (Lipinski definition) is 5. The Balaban J connectivity index is 2.73. The maximum absolute atomic E-state index is 10.8. The number of carbonyl (C=O) groups is 1. The molecule has 1 aromatic rings. The Morgan fingerprint density at radius 2 is 2.00 bits per heavy atom. The Labute approximate surface area is 105 Å². The van der Waals surface area contributed by atoms with Crippen molar-refractivity contribution in [2.75, 3.05) is 27.4 Å². The lowest BCUT2D eigenvalue weighted by atomic mass is 10.2. The zero-order valence-corrected chi connectivity index (χ0v) is 10.3. The highest BCUT2D eigenvalue weighted by atomic mass is 16.5. The third kappa shape index (κ3) is 3.90. The van der Waals surface area contributed by atoms with Crippen LogP contribution in [0.15, 0.2) is 18.2 Å². The Kier molecular flexibility index (Phi) is 5.41. The predicted molar refractivity (Wildman–Crippen MR) is 63.3 cm³/mol. The standard InChI is InChI=1S/C12H16O6/c1-16-6-9(13)7-18-10-4-3-8(12(14)15)5-11(10)17-2/h3-5,9,13H,6-7H2,1-2H3,(H,14,15). The molecule has 0 bridgehead atoms. The molecular formula is C12H16O6. The van der Waals surface area contributed by atoms with Crippen LogP contribution in [0, 0.1) is 0 Å². The molecule has 0 amide bonds. The lowest BCUT2D eigenvalue weighted by molar-refractivity contribution is 0.0319. The topological polar surface area (TPSA) is 85.2 Å². The zero-order valence-electron chi connectivity index (χ0n) is 10.3. The van der Waals surface area contributed by atoms with Crippen LogP contribution in [-0.2, 0) is 4.74 Å². The molecule has 0 radical (unpaired) electrons. The molecule has 100 valence electrons. The molecule has 1 atom stereocenters. The molecule has 0 spiro atoms. The maximum atomic E-state index is 10.8. The van der Waals surface area contributed by atoms with Gasteiger partial charge in [-0.3, -0.25) is 0 Å². The van der Waals surface area contributed by atoms with Crippen LogP contribution in [0.25, 0.3) is 0 Å². The van der Waals surface area contributed by atoms with Crippen LogP contribution in [0.5, 0.6) is 11.5 Å². The lowest BCUT2D eigenvalue weighted by Crippen LogP contribution is -2.22. The van der Waals surface area contributed by atoms with Crippen molar-refractivity contribution >= 4 is 5.97 Å². The summed E-state index contributed by atoms with van der Waals surface area (Å²) in [6, 6.07) is 4.26. The molecule has 0 heterocycles. The average molecular weight is 256 g/mol. The van der Waals surface area contributed by atoms with Crippen molar-refractivity contribution < 1.29 is 29.2 Å². The van der Waals surface area contributed by atoms with Crippen molar-refractivity contribution in [1.29, 1.82) is 0 Å². The van der Waals surface area contributed by atoms with Gasteiger partial charge in [0.2, 0.25) is 0 Å². The Bertz CT molecular complexity index is 404. The SMILES string of the molecule is COCC(O)COc1ccc(C(=O)O)cc1OC. The fraction of sp³-hybridized carbons (Fsp3) is 0.417. The van der Waals surface area contributed by atoms with Crippen LogP contribution in [-0.4, -0.2) is 49.7 Å². The number of carboxylic acid groups (broad SMARTS) is 1. The molecule has 0 fully saturated rings. The molecule has 0 aliphatic rings. The summed E-state index contributed by atoms with van der Waals surface area (Å²) in [5.74, 6) is -0.364. The summed E-state index contributed by atoms with van der Waals surface area (Å²) < 4.78 is 15.1. The van der Waals surface area contributed by atoms with Gasteiger partial charge >= 0.3 is 5.97 Å². The van der Waals surface area contributed by atoms with E-state index in [4.69, 9.17) is 19.3 Å². The van der Waals surface area contributed by atoms with Gasteiger partial charge in [-0.2, -0.15) is 0 Å². The van der Waals surface area contributed by atoms with Crippen LogP contribution in [0.3, 0.4) is 0 Å². The van der Waals surface area contributed by atoms with E-state index in [9.17, 15) is 9.90 Å². The third-order valence-corrected chi connectivity index (χ3v) is 2.20. The largest absolute Gasteiger partial charge is 0.493 e. The fourth-order valence-electron chi connectivity index (χ4n) is 1.35. The molecule has 0 aliphatic heterocycles. The highest BCUT2D eigenvalue weighted by molar-refractivity contribution is 5.88. The van der Waals surface area contributed by atoms with Crippen LogP contribution >= 0.6 is 0 Å². The number of methoxy groups -OCH3 is 2. The predicted octanol–water partition coefficient (Wildman–Crippen LogP) is 0.780. The second-order valence-corrected chi connectivity index (χ2v) is 3.59. The molecule has 1 unspecified atom stereocenters. The molecule has 0 saturated carbocycles. The summed E-state index contributed by atoms with van der Waals surface area (Å²) in [6.45, 7) is 0.201. The van der Waals surface area contributed by atoms with Gasteiger partial charge in [-0.05, 0) is 18.2 Å². The minimum absolute atomic E-state index is 0.0383. The van der Waals surface area contributed by atoms with E-state index in [2.05, 4.69) is 0 Å². The molecule has 18 heavy (non-hydrogen) atoms. The van der Waals surface area contributed by atoms with Gasteiger partial charge in [-0.1, -0.05) is 0 Å². The Morgan fingerprint density at radius 1 is 1.28 bits per heavy atom. The summed E-state index contributed by atoms with van der Waals surface area (Å²) in [4.78, 5) is 10.8. The van der Waals surface area contributed by atoms with Crippen molar-refractivity contribution in [3.8, 4) is 11.5 Å².